The van der Waals surface area contributed by atoms with Gasteiger partial charge < -0.3 is 5.32 Å². The number of rotatable bonds is 9. The molecular formula is C13H25N3S. The van der Waals surface area contributed by atoms with E-state index in [0.29, 0.717) is 6.04 Å². The van der Waals surface area contributed by atoms with Gasteiger partial charge in [-0.15, -0.1) is 0 Å². The molecule has 1 N–H and O–H groups in total. The van der Waals surface area contributed by atoms with Crippen LogP contribution in [0.25, 0.3) is 0 Å². The van der Waals surface area contributed by atoms with Crippen molar-refractivity contribution in [3.05, 3.63) is 18.0 Å². The molecule has 98 valence electrons. The zero-order valence-corrected chi connectivity index (χ0v) is 12.1. The fourth-order valence-electron chi connectivity index (χ4n) is 1.82. The molecule has 4 heteroatoms. The van der Waals surface area contributed by atoms with E-state index in [-0.39, 0.29) is 0 Å². The third kappa shape index (κ3) is 4.72. The lowest BCUT2D eigenvalue weighted by Gasteiger charge is -2.19. The highest BCUT2D eigenvalue weighted by atomic mass is 32.2. The minimum absolute atomic E-state index is 0.439. The highest BCUT2D eigenvalue weighted by Crippen LogP contribution is 2.18. The van der Waals surface area contributed by atoms with E-state index in [1.54, 1.807) is 0 Å². The molecule has 0 radical (unpaired) electrons. The summed E-state index contributed by atoms with van der Waals surface area (Å²) >= 11 is 2.03. The molecule has 0 bridgehead atoms. The van der Waals surface area contributed by atoms with Gasteiger partial charge in [-0.2, -0.15) is 16.9 Å². The Balaban J connectivity index is 2.60. The molecule has 0 amide bonds. The summed E-state index contributed by atoms with van der Waals surface area (Å²) in [5, 5.41) is 7.98. The van der Waals surface area contributed by atoms with Gasteiger partial charge in [0.05, 0.1) is 11.7 Å². The Morgan fingerprint density at radius 1 is 1.35 bits per heavy atom. The number of thioether (sulfide) groups is 1. The summed E-state index contributed by atoms with van der Waals surface area (Å²) in [4.78, 5) is 0. The zero-order chi connectivity index (χ0) is 12.5. The zero-order valence-electron chi connectivity index (χ0n) is 11.3. The number of aromatic nitrogens is 2. The lowest BCUT2D eigenvalue weighted by atomic mass is 10.2. The summed E-state index contributed by atoms with van der Waals surface area (Å²) < 4.78 is 2.10. The van der Waals surface area contributed by atoms with Crippen molar-refractivity contribution in [3.63, 3.8) is 0 Å². The molecule has 1 rings (SSSR count). The third-order valence-corrected chi connectivity index (χ3v) is 3.95. The molecular weight excluding hydrogens is 230 g/mol. The summed E-state index contributed by atoms with van der Waals surface area (Å²) in [6.07, 6.45) is 4.33. The SMILES string of the molecule is CCCNC(CSCCC)c1ccnn1CC. The number of hydrogen-bond donors (Lipinski definition) is 1. The summed E-state index contributed by atoms with van der Waals surface area (Å²) in [5.41, 5.74) is 1.32. The molecule has 0 saturated carbocycles. The minimum Gasteiger partial charge on any atom is -0.308 e. The Labute approximate surface area is 109 Å². The first kappa shape index (κ1) is 14.6. The van der Waals surface area contributed by atoms with Crippen LogP contribution in [0.3, 0.4) is 0 Å². The van der Waals surface area contributed by atoms with Gasteiger partial charge in [0.2, 0.25) is 0 Å². The van der Waals surface area contributed by atoms with Gasteiger partial charge >= 0.3 is 0 Å². The summed E-state index contributed by atoms with van der Waals surface area (Å²) in [7, 11) is 0. The van der Waals surface area contributed by atoms with Crippen molar-refractivity contribution in [2.24, 2.45) is 0 Å². The van der Waals surface area contributed by atoms with Crippen molar-refractivity contribution in [1.82, 2.24) is 15.1 Å². The van der Waals surface area contributed by atoms with Gasteiger partial charge in [0.1, 0.15) is 0 Å². The van der Waals surface area contributed by atoms with Crippen LogP contribution in [0.2, 0.25) is 0 Å². The molecule has 1 aromatic rings. The van der Waals surface area contributed by atoms with Gasteiger partial charge in [-0.25, -0.2) is 0 Å². The van der Waals surface area contributed by atoms with Crippen LogP contribution >= 0.6 is 11.8 Å². The van der Waals surface area contributed by atoms with Crippen molar-refractivity contribution >= 4 is 11.8 Å². The predicted molar refractivity (Wildman–Crippen MR) is 76.6 cm³/mol. The maximum Gasteiger partial charge on any atom is 0.0583 e. The molecule has 0 saturated heterocycles. The van der Waals surface area contributed by atoms with Crippen molar-refractivity contribution in [2.45, 2.75) is 46.2 Å². The van der Waals surface area contributed by atoms with Crippen LogP contribution in [-0.4, -0.2) is 27.8 Å². The summed E-state index contributed by atoms with van der Waals surface area (Å²) in [6, 6.07) is 2.58. The Bertz CT molecular complexity index is 299. The number of aryl methyl sites for hydroxylation is 1. The molecule has 0 aliphatic heterocycles. The Hall–Kier alpha value is -0.480. The monoisotopic (exact) mass is 255 g/mol. The average Bonchev–Trinajstić information content (AvgIpc) is 2.81. The molecule has 1 atom stereocenters. The molecule has 0 aromatic carbocycles. The van der Waals surface area contributed by atoms with Crippen LogP contribution in [0.4, 0.5) is 0 Å². The first-order chi connectivity index (χ1) is 8.33. The maximum atomic E-state index is 4.36. The topological polar surface area (TPSA) is 29.9 Å². The molecule has 3 nitrogen and oxygen atoms in total. The van der Waals surface area contributed by atoms with Crippen LogP contribution in [0.15, 0.2) is 12.3 Å². The lowest BCUT2D eigenvalue weighted by molar-refractivity contribution is 0.514. The van der Waals surface area contributed by atoms with Crippen molar-refractivity contribution in [2.75, 3.05) is 18.1 Å². The van der Waals surface area contributed by atoms with Gasteiger partial charge in [-0.3, -0.25) is 4.68 Å². The van der Waals surface area contributed by atoms with Crippen LogP contribution in [0, 0.1) is 0 Å². The first-order valence-electron chi connectivity index (χ1n) is 6.66. The van der Waals surface area contributed by atoms with E-state index in [1.807, 2.05) is 18.0 Å². The highest BCUT2D eigenvalue weighted by Gasteiger charge is 2.14. The van der Waals surface area contributed by atoms with Gasteiger partial charge in [0.25, 0.3) is 0 Å². The van der Waals surface area contributed by atoms with E-state index in [0.717, 1.165) is 18.8 Å². The minimum atomic E-state index is 0.439. The van der Waals surface area contributed by atoms with Crippen molar-refractivity contribution < 1.29 is 0 Å². The normalized spacial score (nSPS) is 12.9. The van der Waals surface area contributed by atoms with Crippen LogP contribution in [0.1, 0.15) is 45.3 Å². The van der Waals surface area contributed by atoms with E-state index in [4.69, 9.17) is 0 Å². The van der Waals surface area contributed by atoms with Crippen molar-refractivity contribution in [1.29, 1.82) is 0 Å². The van der Waals surface area contributed by atoms with Gasteiger partial charge in [-0.05, 0) is 38.1 Å². The Kier molecular flexibility index (Phi) is 7.37. The molecule has 17 heavy (non-hydrogen) atoms. The van der Waals surface area contributed by atoms with Crippen LogP contribution in [-0.2, 0) is 6.54 Å². The predicted octanol–water partition coefficient (Wildman–Crippen LogP) is 3.09. The third-order valence-electron chi connectivity index (χ3n) is 2.68. The van der Waals surface area contributed by atoms with Crippen molar-refractivity contribution in [3.8, 4) is 0 Å². The smallest absolute Gasteiger partial charge is 0.0583 e. The van der Waals surface area contributed by atoms with E-state index >= 15 is 0 Å². The summed E-state index contributed by atoms with van der Waals surface area (Å²) in [5.74, 6) is 2.38. The lowest BCUT2D eigenvalue weighted by Crippen LogP contribution is -2.26. The van der Waals surface area contributed by atoms with Gasteiger partial charge in [0.15, 0.2) is 0 Å². The molecule has 1 aromatic heterocycles. The van der Waals surface area contributed by atoms with Gasteiger partial charge in [-0.1, -0.05) is 13.8 Å². The van der Waals surface area contributed by atoms with E-state index < -0.39 is 0 Å². The molecule has 1 unspecified atom stereocenters. The molecule has 1 heterocycles. The van der Waals surface area contributed by atoms with Crippen LogP contribution < -0.4 is 5.32 Å². The standard InChI is InChI=1S/C13H25N3S/c1-4-8-14-12(11-17-10-5-2)13-7-9-15-16(13)6-3/h7,9,12,14H,4-6,8,10-11H2,1-3H3. The highest BCUT2D eigenvalue weighted by molar-refractivity contribution is 7.99. The first-order valence-corrected chi connectivity index (χ1v) is 7.81. The van der Waals surface area contributed by atoms with E-state index in [9.17, 15) is 0 Å². The number of nitrogens with one attached hydrogen (secondary N) is 1. The second-order valence-electron chi connectivity index (χ2n) is 4.15. The number of nitrogens with zero attached hydrogens (tertiary/aromatic N) is 2. The van der Waals surface area contributed by atoms with E-state index in [1.165, 1.54) is 24.3 Å². The van der Waals surface area contributed by atoms with E-state index in [2.05, 4.69) is 41.9 Å². The fraction of sp³-hybridized carbons (Fsp3) is 0.769. The van der Waals surface area contributed by atoms with Gasteiger partial charge in [0, 0.05) is 18.5 Å². The molecule has 0 fully saturated rings. The second kappa shape index (κ2) is 8.59. The van der Waals surface area contributed by atoms with Crippen LogP contribution in [0.5, 0.6) is 0 Å². The molecule has 0 aliphatic carbocycles. The Morgan fingerprint density at radius 3 is 2.82 bits per heavy atom. The molecule has 0 aliphatic rings. The summed E-state index contributed by atoms with van der Waals surface area (Å²) in [6.45, 7) is 8.61. The second-order valence-corrected chi connectivity index (χ2v) is 5.30. The quantitative estimate of drug-likeness (QED) is 0.688. The maximum absolute atomic E-state index is 4.36. The average molecular weight is 255 g/mol. The fourth-order valence-corrected chi connectivity index (χ4v) is 2.80. The Morgan fingerprint density at radius 2 is 2.18 bits per heavy atom. The largest absolute Gasteiger partial charge is 0.308 e. The number of hydrogen-bond acceptors (Lipinski definition) is 3. The molecule has 0 spiro atoms.